The van der Waals surface area contributed by atoms with Gasteiger partial charge >= 0.3 is 0 Å². The molecule has 82 valence electrons. The van der Waals surface area contributed by atoms with E-state index < -0.39 is 0 Å². The van der Waals surface area contributed by atoms with Crippen molar-refractivity contribution in [2.45, 2.75) is 39.2 Å². The molecule has 2 rings (SSSR count). The molecular weight excluding hydrogens is 252 g/mol. The van der Waals surface area contributed by atoms with Crippen molar-refractivity contribution in [2.24, 2.45) is 5.92 Å². The van der Waals surface area contributed by atoms with Crippen LogP contribution in [0.1, 0.15) is 31.7 Å². The summed E-state index contributed by atoms with van der Waals surface area (Å²) in [5.41, 5.74) is 1.19. The van der Waals surface area contributed by atoms with E-state index in [1.54, 1.807) is 0 Å². The smallest absolute Gasteiger partial charge is 0.140 e. The zero-order valence-electron chi connectivity index (χ0n) is 9.26. The van der Waals surface area contributed by atoms with Crippen LogP contribution in [0, 0.1) is 12.8 Å². The normalized spacial score (nSPS) is 23.9. The van der Waals surface area contributed by atoms with Crippen LogP contribution < -0.4 is 5.32 Å². The Hall–Kier alpha value is -0.570. The minimum atomic E-state index is 0.649. The summed E-state index contributed by atoms with van der Waals surface area (Å²) < 4.78 is 1.07. The third-order valence-corrected chi connectivity index (χ3v) is 3.49. The van der Waals surface area contributed by atoms with Crippen LogP contribution in [0.2, 0.25) is 0 Å². The lowest BCUT2D eigenvalue weighted by molar-refractivity contribution is 0.692. The van der Waals surface area contributed by atoms with Gasteiger partial charge in [-0.2, -0.15) is 0 Å². The van der Waals surface area contributed by atoms with E-state index in [0.717, 1.165) is 16.2 Å². The third-order valence-electron chi connectivity index (χ3n) is 2.88. The Bertz CT molecular complexity index is 351. The van der Waals surface area contributed by atoms with Crippen molar-refractivity contribution in [1.82, 2.24) is 4.98 Å². The SMILES string of the molecule is CCCC1CC1Nc1ncc(C)cc1Br. The second-order valence-corrected chi connectivity index (χ2v) is 5.23. The van der Waals surface area contributed by atoms with Gasteiger partial charge in [-0.05, 0) is 53.2 Å². The number of nitrogens with one attached hydrogen (secondary N) is 1. The van der Waals surface area contributed by atoms with Gasteiger partial charge in [0.25, 0.3) is 0 Å². The largest absolute Gasteiger partial charge is 0.366 e. The standard InChI is InChI=1S/C12H17BrN2/c1-3-4-9-6-11(9)15-12-10(13)5-8(2)7-14-12/h5,7,9,11H,3-4,6H2,1-2H3,(H,14,15). The van der Waals surface area contributed by atoms with E-state index >= 15 is 0 Å². The lowest BCUT2D eigenvalue weighted by atomic mass is 10.2. The number of nitrogens with zero attached hydrogens (tertiary/aromatic N) is 1. The van der Waals surface area contributed by atoms with Crippen LogP contribution in [0.4, 0.5) is 5.82 Å². The minimum Gasteiger partial charge on any atom is -0.366 e. The molecule has 0 aromatic carbocycles. The molecule has 3 heteroatoms. The Labute approximate surface area is 99.6 Å². The number of hydrogen-bond acceptors (Lipinski definition) is 2. The highest BCUT2D eigenvalue weighted by Gasteiger charge is 2.36. The first-order chi connectivity index (χ1) is 7.20. The number of anilines is 1. The Morgan fingerprint density at radius 2 is 2.40 bits per heavy atom. The first-order valence-electron chi connectivity index (χ1n) is 5.59. The summed E-state index contributed by atoms with van der Waals surface area (Å²) in [4.78, 5) is 4.39. The maximum absolute atomic E-state index is 4.39. The Balaban J connectivity index is 1.95. The summed E-state index contributed by atoms with van der Waals surface area (Å²) in [6.07, 6.45) is 5.83. The van der Waals surface area contributed by atoms with Crippen molar-refractivity contribution >= 4 is 21.7 Å². The van der Waals surface area contributed by atoms with Crippen molar-refractivity contribution in [3.05, 3.63) is 22.3 Å². The molecule has 1 heterocycles. The summed E-state index contributed by atoms with van der Waals surface area (Å²) in [7, 11) is 0. The van der Waals surface area contributed by atoms with E-state index in [0.29, 0.717) is 6.04 Å². The fourth-order valence-electron chi connectivity index (χ4n) is 1.93. The minimum absolute atomic E-state index is 0.649. The molecule has 15 heavy (non-hydrogen) atoms. The van der Waals surface area contributed by atoms with Gasteiger partial charge in [-0.25, -0.2) is 4.98 Å². The second-order valence-electron chi connectivity index (χ2n) is 4.38. The highest BCUT2D eigenvalue weighted by Crippen LogP contribution is 2.38. The topological polar surface area (TPSA) is 24.9 Å². The molecule has 1 aliphatic rings. The first kappa shape index (κ1) is 10.9. The quantitative estimate of drug-likeness (QED) is 0.900. The lowest BCUT2D eigenvalue weighted by Crippen LogP contribution is -2.06. The molecule has 2 unspecified atom stereocenters. The van der Waals surface area contributed by atoms with Gasteiger partial charge in [-0.15, -0.1) is 0 Å². The van der Waals surface area contributed by atoms with Crippen molar-refractivity contribution in [1.29, 1.82) is 0 Å². The van der Waals surface area contributed by atoms with Gasteiger partial charge in [0.2, 0.25) is 0 Å². The number of pyridine rings is 1. The zero-order valence-corrected chi connectivity index (χ0v) is 10.8. The Kier molecular flexibility index (Phi) is 3.29. The number of hydrogen-bond donors (Lipinski definition) is 1. The van der Waals surface area contributed by atoms with Crippen LogP contribution in [-0.4, -0.2) is 11.0 Å². The molecule has 0 aliphatic heterocycles. The maximum Gasteiger partial charge on any atom is 0.140 e. The molecular formula is C12H17BrN2. The van der Waals surface area contributed by atoms with Crippen LogP contribution in [0.25, 0.3) is 0 Å². The summed E-state index contributed by atoms with van der Waals surface area (Å²) in [6.45, 7) is 4.30. The Morgan fingerprint density at radius 1 is 1.60 bits per heavy atom. The highest BCUT2D eigenvalue weighted by atomic mass is 79.9. The first-order valence-corrected chi connectivity index (χ1v) is 6.38. The molecule has 2 atom stereocenters. The van der Waals surface area contributed by atoms with Crippen LogP contribution in [0.3, 0.4) is 0 Å². The predicted molar refractivity (Wildman–Crippen MR) is 67.1 cm³/mol. The molecule has 1 fully saturated rings. The van der Waals surface area contributed by atoms with Crippen molar-refractivity contribution in [3.8, 4) is 0 Å². The van der Waals surface area contributed by atoms with Gasteiger partial charge in [0, 0.05) is 12.2 Å². The van der Waals surface area contributed by atoms with Crippen LogP contribution in [0.15, 0.2) is 16.7 Å². The van der Waals surface area contributed by atoms with Gasteiger partial charge in [-0.3, -0.25) is 0 Å². The van der Waals surface area contributed by atoms with Gasteiger partial charge in [0.15, 0.2) is 0 Å². The molecule has 1 aromatic heterocycles. The number of rotatable bonds is 4. The van der Waals surface area contributed by atoms with E-state index in [9.17, 15) is 0 Å². The van der Waals surface area contributed by atoms with E-state index in [1.165, 1.54) is 24.8 Å². The van der Waals surface area contributed by atoms with Crippen LogP contribution in [-0.2, 0) is 0 Å². The molecule has 1 aromatic rings. The van der Waals surface area contributed by atoms with Crippen molar-refractivity contribution < 1.29 is 0 Å². The van der Waals surface area contributed by atoms with Gasteiger partial charge in [0.05, 0.1) is 4.47 Å². The molecule has 1 aliphatic carbocycles. The second kappa shape index (κ2) is 4.52. The molecule has 2 nitrogen and oxygen atoms in total. The van der Waals surface area contributed by atoms with E-state index in [4.69, 9.17) is 0 Å². The van der Waals surface area contributed by atoms with Gasteiger partial charge < -0.3 is 5.32 Å². The molecule has 0 radical (unpaired) electrons. The Morgan fingerprint density at radius 3 is 3.07 bits per heavy atom. The molecule has 0 spiro atoms. The molecule has 0 saturated heterocycles. The van der Waals surface area contributed by atoms with Crippen molar-refractivity contribution in [3.63, 3.8) is 0 Å². The molecule has 1 saturated carbocycles. The predicted octanol–water partition coefficient (Wildman–Crippen LogP) is 3.75. The lowest BCUT2D eigenvalue weighted by Gasteiger charge is -2.07. The summed E-state index contributed by atoms with van der Waals surface area (Å²) in [5.74, 6) is 1.86. The molecule has 0 amide bonds. The van der Waals surface area contributed by atoms with E-state index in [1.807, 2.05) is 6.20 Å². The fourth-order valence-corrected chi connectivity index (χ4v) is 2.51. The number of aromatic nitrogens is 1. The third kappa shape index (κ3) is 2.71. The van der Waals surface area contributed by atoms with Crippen LogP contribution >= 0.6 is 15.9 Å². The number of halogens is 1. The zero-order chi connectivity index (χ0) is 10.8. The average Bonchev–Trinajstić information content (AvgIpc) is 2.90. The molecule has 1 N–H and O–H groups in total. The average molecular weight is 269 g/mol. The molecule has 0 bridgehead atoms. The number of aryl methyl sites for hydroxylation is 1. The van der Waals surface area contributed by atoms with Crippen molar-refractivity contribution in [2.75, 3.05) is 5.32 Å². The monoisotopic (exact) mass is 268 g/mol. The van der Waals surface area contributed by atoms with E-state index in [-0.39, 0.29) is 0 Å². The maximum atomic E-state index is 4.39. The van der Waals surface area contributed by atoms with Gasteiger partial charge in [0.1, 0.15) is 5.82 Å². The summed E-state index contributed by atoms with van der Waals surface area (Å²) >= 11 is 3.54. The summed E-state index contributed by atoms with van der Waals surface area (Å²) in [6, 6.07) is 2.75. The highest BCUT2D eigenvalue weighted by molar-refractivity contribution is 9.10. The fraction of sp³-hybridized carbons (Fsp3) is 0.583. The van der Waals surface area contributed by atoms with Gasteiger partial charge in [-0.1, -0.05) is 13.3 Å². The summed E-state index contributed by atoms with van der Waals surface area (Å²) in [5, 5.41) is 3.49. The van der Waals surface area contributed by atoms with E-state index in [2.05, 4.69) is 46.1 Å². The van der Waals surface area contributed by atoms with Crippen LogP contribution in [0.5, 0.6) is 0 Å².